The molecule has 0 fully saturated rings. The van der Waals surface area contributed by atoms with E-state index in [1.807, 2.05) is 11.8 Å². The van der Waals surface area contributed by atoms with Crippen LogP contribution in [0.25, 0.3) is 0 Å². The van der Waals surface area contributed by atoms with Crippen molar-refractivity contribution in [2.75, 3.05) is 6.54 Å². The highest BCUT2D eigenvalue weighted by molar-refractivity contribution is 7.99. The van der Waals surface area contributed by atoms with Gasteiger partial charge < -0.3 is 5.32 Å². The number of thioether (sulfide) groups is 1. The summed E-state index contributed by atoms with van der Waals surface area (Å²) in [6.07, 6.45) is 0. The molecule has 0 aliphatic heterocycles. The van der Waals surface area contributed by atoms with Gasteiger partial charge in [0.15, 0.2) is 0 Å². The first-order chi connectivity index (χ1) is 7.88. The third-order valence-electron chi connectivity index (χ3n) is 2.70. The van der Waals surface area contributed by atoms with E-state index in [0.717, 1.165) is 12.3 Å². The summed E-state index contributed by atoms with van der Waals surface area (Å²) in [5.74, 6) is 1.11. The summed E-state index contributed by atoms with van der Waals surface area (Å²) in [5.41, 5.74) is 3.08. The molecule has 0 spiro atoms. The molecule has 1 atom stereocenters. The summed E-state index contributed by atoms with van der Waals surface area (Å²) in [6, 6.07) is 8.65. The lowest BCUT2D eigenvalue weighted by Crippen LogP contribution is -2.39. The first kappa shape index (κ1) is 14.6. The molecule has 0 aromatic heterocycles. The van der Waals surface area contributed by atoms with Crippen molar-refractivity contribution in [1.82, 2.24) is 5.32 Å². The van der Waals surface area contributed by atoms with Crippen LogP contribution in [-0.4, -0.2) is 17.3 Å². The molecule has 1 aromatic carbocycles. The highest BCUT2D eigenvalue weighted by atomic mass is 32.2. The fourth-order valence-corrected chi connectivity index (χ4v) is 2.50. The fraction of sp³-hybridized carbons (Fsp3) is 0.600. The maximum Gasteiger partial charge on any atom is 0.0190 e. The Hall–Kier alpha value is -0.470. The Morgan fingerprint density at radius 2 is 1.88 bits per heavy atom. The SMILES string of the molecule is Cc1ccccc1CSC(C)CNC(C)(C)C. The third-order valence-corrected chi connectivity index (χ3v) is 3.92. The van der Waals surface area contributed by atoms with Crippen LogP contribution in [0.3, 0.4) is 0 Å². The highest BCUT2D eigenvalue weighted by Gasteiger charge is 2.11. The van der Waals surface area contributed by atoms with Gasteiger partial charge in [0.05, 0.1) is 0 Å². The summed E-state index contributed by atoms with van der Waals surface area (Å²) < 4.78 is 0. The molecule has 1 nitrogen and oxygen atoms in total. The Morgan fingerprint density at radius 1 is 1.24 bits per heavy atom. The van der Waals surface area contributed by atoms with Crippen LogP contribution in [0, 0.1) is 6.92 Å². The first-order valence-corrected chi connectivity index (χ1v) is 7.34. The predicted octanol–water partition coefficient (Wildman–Crippen LogP) is 4.00. The number of aryl methyl sites for hydroxylation is 1. The second kappa shape index (κ2) is 6.46. The molecule has 0 heterocycles. The van der Waals surface area contributed by atoms with Crippen molar-refractivity contribution in [2.45, 2.75) is 51.2 Å². The minimum absolute atomic E-state index is 0.220. The van der Waals surface area contributed by atoms with Gasteiger partial charge in [0.1, 0.15) is 0 Å². The van der Waals surface area contributed by atoms with E-state index in [2.05, 4.69) is 64.2 Å². The Labute approximate surface area is 110 Å². The Morgan fingerprint density at radius 3 is 2.47 bits per heavy atom. The Kier molecular flexibility index (Phi) is 5.54. The molecule has 0 amide bonds. The molecule has 0 aliphatic rings. The second-order valence-electron chi connectivity index (χ2n) is 5.68. The maximum atomic E-state index is 3.55. The largest absolute Gasteiger partial charge is 0.311 e. The van der Waals surface area contributed by atoms with Crippen molar-refractivity contribution in [3.63, 3.8) is 0 Å². The van der Waals surface area contributed by atoms with Crippen LogP contribution in [0.2, 0.25) is 0 Å². The van der Waals surface area contributed by atoms with Crippen LogP contribution < -0.4 is 5.32 Å². The van der Waals surface area contributed by atoms with Gasteiger partial charge in [0.25, 0.3) is 0 Å². The highest BCUT2D eigenvalue weighted by Crippen LogP contribution is 2.20. The normalized spacial score (nSPS) is 13.7. The van der Waals surface area contributed by atoms with Crippen LogP contribution in [0.5, 0.6) is 0 Å². The van der Waals surface area contributed by atoms with Crippen molar-refractivity contribution in [3.8, 4) is 0 Å². The van der Waals surface area contributed by atoms with E-state index in [1.54, 1.807) is 0 Å². The van der Waals surface area contributed by atoms with Gasteiger partial charge in [-0.1, -0.05) is 31.2 Å². The van der Waals surface area contributed by atoms with Crippen molar-refractivity contribution in [3.05, 3.63) is 35.4 Å². The van der Waals surface area contributed by atoms with Gasteiger partial charge in [-0.3, -0.25) is 0 Å². The maximum absolute atomic E-state index is 3.55. The summed E-state index contributed by atoms with van der Waals surface area (Å²) in [7, 11) is 0. The van der Waals surface area contributed by atoms with Crippen LogP contribution in [0.15, 0.2) is 24.3 Å². The molecule has 1 rings (SSSR count). The minimum atomic E-state index is 0.220. The Balaban J connectivity index is 2.34. The molecule has 2 heteroatoms. The van der Waals surface area contributed by atoms with Crippen molar-refractivity contribution in [1.29, 1.82) is 0 Å². The summed E-state index contributed by atoms with van der Waals surface area (Å²) in [4.78, 5) is 0. The van der Waals surface area contributed by atoms with E-state index in [1.165, 1.54) is 11.1 Å². The number of nitrogens with one attached hydrogen (secondary N) is 1. The van der Waals surface area contributed by atoms with Crippen LogP contribution >= 0.6 is 11.8 Å². The lowest BCUT2D eigenvalue weighted by atomic mass is 10.1. The van der Waals surface area contributed by atoms with E-state index in [-0.39, 0.29) is 5.54 Å². The zero-order valence-corrected chi connectivity index (χ0v) is 12.5. The summed E-state index contributed by atoms with van der Waals surface area (Å²) in [5, 5.41) is 4.20. The van der Waals surface area contributed by atoms with Gasteiger partial charge in [-0.15, -0.1) is 0 Å². The second-order valence-corrected chi connectivity index (χ2v) is 7.11. The predicted molar refractivity (Wildman–Crippen MR) is 79.7 cm³/mol. The van der Waals surface area contributed by atoms with Crippen molar-refractivity contribution < 1.29 is 0 Å². The zero-order chi connectivity index (χ0) is 12.9. The molecule has 0 aliphatic carbocycles. The third kappa shape index (κ3) is 6.13. The zero-order valence-electron chi connectivity index (χ0n) is 11.7. The number of benzene rings is 1. The quantitative estimate of drug-likeness (QED) is 0.849. The van der Waals surface area contributed by atoms with E-state index < -0.39 is 0 Å². The average Bonchev–Trinajstić information content (AvgIpc) is 2.24. The Bertz CT molecular complexity index is 341. The minimum Gasteiger partial charge on any atom is -0.311 e. The molecular formula is C15H25NS. The van der Waals surface area contributed by atoms with Crippen molar-refractivity contribution >= 4 is 11.8 Å². The molecule has 0 saturated carbocycles. The average molecular weight is 251 g/mol. The van der Waals surface area contributed by atoms with E-state index >= 15 is 0 Å². The summed E-state index contributed by atoms with van der Waals surface area (Å²) in [6.45, 7) is 12.2. The smallest absolute Gasteiger partial charge is 0.0190 e. The standard InChI is InChI=1S/C15H25NS/c1-12-8-6-7-9-14(12)11-17-13(2)10-16-15(3,4)5/h6-9,13,16H,10-11H2,1-5H3. The van der Waals surface area contributed by atoms with E-state index in [0.29, 0.717) is 5.25 Å². The number of rotatable bonds is 5. The number of hydrogen-bond acceptors (Lipinski definition) is 2. The molecular weight excluding hydrogens is 226 g/mol. The molecule has 0 bridgehead atoms. The van der Waals surface area contributed by atoms with Crippen molar-refractivity contribution in [2.24, 2.45) is 0 Å². The van der Waals surface area contributed by atoms with E-state index in [4.69, 9.17) is 0 Å². The monoisotopic (exact) mass is 251 g/mol. The number of hydrogen-bond donors (Lipinski definition) is 1. The van der Waals surface area contributed by atoms with Gasteiger partial charge >= 0.3 is 0 Å². The molecule has 0 saturated heterocycles. The van der Waals surface area contributed by atoms with Crippen LogP contribution in [-0.2, 0) is 5.75 Å². The topological polar surface area (TPSA) is 12.0 Å². The fourth-order valence-electron chi connectivity index (χ4n) is 1.51. The molecule has 17 heavy (non-hydrogen) atoms. The lowest BCUT2D eigenvalue weighted by molar-refractivity contribution is 0.429. The van der Waals surface area contributed by atoms with Crippen LogP contribution in [0.4, 0.5) is 0 Å². The van der Waals surface area contributed by atoms with Gasteiger partial charge in [0.2, 0.25) is 0 Å². The van der Waals surface area contributed by atoms with Gasteiger partial charge in [-0.25, -0.2) is 0 Å². The molecule has 1 unspecified atom stereocenters. The summed E-state index contributed by atoms with van der Waals surface area (Å²) >= 11 is 2.02. The van der Waals surface area contributed by atoms with E-state index in [9.17, 15) is 0 Å². The molecule has 96 valence electrons. The van der Waals surface area contributed by atoms with Crippen LogP contribution in [0.1, 0.15) is 38.8 Å². The van der Waals surface area contributed by atoms with Gasteiger partial charge in [-0.05, 0) is 38.8 Å². The molecule has 0 radical (unpaired) electrons. The molecule has 1 aromatic rings. The first-order valence-electron chi connectivity index (χ1n) is 6.29. The van der Waals surface area contributed by atoms with Gasteiger partial charge in [-0.2, -0.15) is 11.8 Å². The molecule has 1 N–H and O–H groups in total. The van der Waals surface area contributed by atoms with Gasteiger partial charge in [0, 0.05) is 23.1 Å². The lowest BCUT2D eigenvalue weighted by Gasteiger charge is -2.23.